The van der Waals surface area contributed by atoms with Gasteiger partial charge in [-0.1, -0.05) is 13.8 Å². The quantitative estimate of drug-likeness (QED) is 0.382. The predicted octanol–water partition coefficient (Wildman–Crippen LogP) is 5.17. The number of benzene rings is 2. The monoisotopic (exact) mass is 521 g/mol. The van der Waals surface area contributed by atoms with Gasteiger partial charge in [0.25, 0.3) is 0 Å². The molecule has 8 heteroatoms. The van der Waals surface area contributed by atoms with Crippen molar-refractivity contribution in [1.29, 1.82) is 0 Å². The molecule has 1 saturated heterocycles. The third kappa shape index (κ3) is 6.60. The molecule has 2 unspecified atom stereocenters. The molecule has 0 spiro atoms. The van der Waals surface area contributed by atoms with E-state index in [0.29, 0.717) is 19.3 Å². The standard InChI is InChI=1S/C30H43N5O3/c1-6-8-30-34(23-31-35(30)24(3)7-2)27-11-9-25(10-12-27)32-17-19-33(20-18-32)26-13-15-28(16-14-26)38-22-29(37-5)21-36-4/h8-16,23-24,29H,6-7,17-22H2,1-5H3/b30-8+. The van der Waals surface area contributed by atoms with Crippen molar-refractivity contribution in [3.63, 3.8) is 0 Å². The van der Waals surface area contributed by atoms with Crippen LogP contribution in [0.25, 0.3) is 0 Å². The van der Waals surface area contributed by atoms with Gasteiger partial charge in [-0.05, 0) is 74.4 Å². The van der Waals surface area contributed by atoms with Gasteiger partial charge in [0.2, 0.25) is 0 Å². The highest BCUT2D eigenvalue weighted by Crippen LogP contribution is 2.30. The van der Waals surface area contributed by atoms with E-state index in [0.717, 1.165) is 56.3 Å². The van der Waals surface area contributed by atoms with Crippen molar-refractivity contribution < 1.29 is 14.2 Å². The Kier molecular flexibility index (Phi) is 9.90. The molecule has 206 valence electrons. The Morgan fingerprint density at radius 1 is 0.842 bits per heavy atom. The van der Waals surface area contributed by atoms with Gasteiger partial charge in [0.15, 0.2) is 0 Å². The third-order valence-corrected chi connectivity index (χ3v) is 7.26. The topological polar surface area (TPSA) is 53.0 Å². The lowest BCUT2D eigenvalue weighted by Crippen LogP contribution is -2.46. The van der Waals surface area contributed by atoms with E-state index in [1.165, 1.54) is 11.4 Å². The molecule has 0 amide bonds. The zero-order chi connectivity index (χ0) is 26.9. The number of anilines is 3. The van der Waals surface area contributed by atoms with Crippen LogP contribution >= 0.6 is 0 Å². The van der Waals surface area contributed by atoms with E-state index in [-0.39, 0.29) is 6.10 Å². The molecule has 4 rings (SSSR count). The molecule has 2 aromatic rings. The van der Waals surface area contributed by atoms with Crippen LogP contribution in [-0.4, -0.2) is 77.1 Å². The van der Waals surface area contributed by atoms with E-state index < -0.39 is 0 Å². The lowest BCUT2D eigenvalue weighted by molar-refractivity contribution is 0.000879. The molecule has 8 nitrogen and oxygen atoms in total. The molecular formula is C30H43N5O3. The van der Waals surface area contributed by atoms with Crippen molar-refractivity contribution in [2.45, 2.75) is 45.8 Å². The summed E-state index contributed by atoms with van der Waals surface area (Å²) in [6.45, 7) is 11.5. The minimum absolute atomic E-state index is 0.0698. The van der Waals surface area contributed by atoms with E-state index >= 15 is 0 Å². The highest BCUT2D eigenvalue weighted by atomic mass is 16.5. The van der Waals surface area contributed by atoms with Gasteiger partial charge in [-0.15, -0.1) is 0 Å². The molecule has 2 aromatic carbocycles. The first kappa shape index (κ1) is 27.8. The number of allylic oxidation sites excluding steroid dienone is 1. The van der Waals surface area contributed by atoms with Crippen LogP contribution in [0.15, 0.2) is 65.5 Å². The Morgan fingerprint density at radius 2 is 1.42 bits per heavy atom. The summed E-state index contributed by atoms with van der Waals surface area (Å²) < 4.78 is 16.4. The molecule has 1 fully saturated rings. The molecule has 2 atom stereocenters. The minimum atomic E-state index is -0.0698. The van der Waals surface area contributed by atoms with Crippen LogP contribution in [0.1, 0.15) is 33.6 Å². The molecule has 2 heterocycles. The molecule has 2 aliphatic rings. The zero-order valence-electron chi connectivity index (χ0n) is 23.5. The first-order chi connectivity index (χ1) is 18.6. The van der Waals surface area contributed by atoms with Crippen molar-refractivity contribution >= 4 is 23.4 Å². The highest BCUT2D eigenvalue weighted by molar-refractivity contribution is 5.85. The number of rotatable bonds is 12. The third-order valence-electron chi connectivity index (χ3n) is 7.26. The first-order valence-corrected chi connectivity index (χ1v) is 13.7. The average Bonchev–Trinajstić information content (AvgIpc) is 3.39. The van der Waals surface area contributed by atoms with Crippen molar-refractivity contribution in [2.75, 3.05) is 68.3 Å². The van der Waals surface area contributed by atoms with Crippen LogP contribution < -0.4 is 19.4 Å². The van der Waals surface area contributed by atoms with Crippen LogP contribution in [0, 0.1) is 0 Å². The average molecular weight is 522 g/mol. The van der Waals surface area contributed by atoms with Crippen LogP contribution in [0.5, 0.6) is 5.75 Å². The predicted molar refractivity (Wildman–Crippen MR) is 156 cm³/mol. The van der Waals surface area contributed by atoms with Crippen molar-refractivity contribution in [1.82, 2.24) is 5.01 Å². The smallest absolute Gasteiger partial charge is 0.131 e. The summed E-state index contributed by atoms with van der Waals surface area (Å²) in [5, 5.41) is 6.81. The van der Waals surface area contributed by atoms with Crippen LogP contribution in [-0.2, 0) is 9.47 Å². The molecular weight excluding hydrogens is 478 g/mol. The summed E-state index contributed by atoms with van der Waals surface area (Å²) >= 11 is 0. The fraction of sp³-hybridized carbons (Fsp3) is 0.500. The van der Waals surface area contributed by atoms with Gasteiger partial charge in [0.05, 0.1) is 12.6 Å². The zero-order valence-corrected chi connectivity index (χ0v) is 23.5. The normalized spacial score (nSPS) is 18.4. The molecule has 0 N–H and O–H groups in total. The van der Waals surface area contributed by atoms with Gasteiger partial charge in [-0.3, -0.25) is 4.90 Å². The van der Waals surface area contributed by atoms with Gasteiger partial charge in [-0.2, -0.15) is 5.10 Å². The van der Waals surface area contributed by atoms with E-state index in [1.54, 1.807) is 14.2 Å². The first-order valence-electron chi connectivity index (χ1n) is 13.7. The second-order valence-electron chi connectivity index (χ2n) is 9.78. The maximum absolute atomic E-state index is 5.87. The summed E-state index contributed by atoms with van der Waals surface area (Å²) in [5.74, 6) is 1.99. The Hall–Kier alpha value is -3.23. The summed E-state index contributed by atoms with van der Waals surface area (Å²) in [6, 6.07) is 17.6. The summed E-state index contributed by atoms with van der Waals surface area (Å²) in [6.07, 6.45) is 6.15. The number of ether oxygens (including phenoxy) is 3. The summed E-state index contributed by atoms with van der Waals surface area (Å²) in [4.78, 5) is 7.09. The maximum Gasteiger partial charge on any atom is 0.131 e. The van der Waals surface area contributed by atoms with Crippen molar-refractivity contribution in [3.8, 4) is 5.75 Å². The van der Waals surface area contributed by atoms with Crippen LogP contribution in [0.3, 0.4) is 0 Å². The molecule has 0 aromatic heterocycles. The number of piperazine rings is 1. The van der Waals surface area contributed by atoms with E-state index in [2.05, 4.69) is 88.1 Å². The van der Waals surface area contributed by atoms with Crippen LogP contribution in [0.4, 0.5) is 17.1 Å². The van der Waals surface area contributed by atoms with Crippen LogP contribution in [0.2, 0.25) is 0 Å². The lowest BCUT2D eigenvalue weighted by atomic mass is 10.2. The Balaban J connectivity index is 1.31. The minimum Gasteiger partial charge on any atom is -0.491 e. The summed E-state index contributed by atoms with van der Waals surface area (Å²) in [5.41, 5.74) is 3.63. The van der Waals surface area contributed by atoms with Gasteiger partial charge in [0.1, 0.15) is 30.6 Å². The fourth-order valence-electron chi connectivity index (χ4n) is 4.78. The Bertz CT molecular complexity index is 1050. The second kappa shape index (κ2) is 13.5. The Labute approximate surface area is 228 Å². The molecule has 0 radical (unpaired) electrons. The number of hydrogen-bond acceptors (Lipinski definition) is 8. The molecule has 0 saturated carbocycles. The Morgan fingerprint density at radius 3 is 1.95 bits per heavy atom. The maximum atomic E-state index is 5.87. The number of nitrogens with zero attached hydrogens (tertiary/aromatic N) is 5. The van der Waals surface area contributed by atoms with Gasteiger partial charge >= 0.3 is 0 Å². The lowest BCUT2D eigenvalue weighted by Gasteiger charge is -2.37. The second-order valence-corrected chi connectivity index (χ2v) is 9.78. The number of hydrazone groups is 1. The largest absolute Gasteiger partial charge is 0.491 e. The fourth-order valence-corrected chi connectivity index (χ4v) is 4.78. The van der Waals surface area contributed by atoms with E-state index in [4.69, 9.17) is 14.2 Å². The van der Waals surface area contributed by atoms with E-state index in [1.807, 2.05) is 18.5 Å². The molecule has 0 bridgehead atoms. The molecule has 38 heavy (non-hydrogen) atoms. The van der Waals surface area contributed by atoms with Gasteiger partial charge in [0, 0.05) is 57.5 Å². The molecule has 2 aliphatic heterocycles. The SMILES string of the molecule is CC/C=C1\N(c2ccc(N3CCN(c4ccc(OCC(COC)OC)cc4)CC3)cc2)C=NN1C(C)CC. The van der Waals surface area contributed by atoms with Crippen molar-refractivity contribution in [2.24, 2.45) is 5.10 Å². The van der Waals surface area contributed by atoms with Gasteiger partial charge < -0.3 is 24.0 Å². The van der Waals surface area contributed by atoms with Gasteiger partial charge in [-0.25, -0.2) is 5.01 Å². The van der Waals surface area contributed by atoms with Crippen molar-refractivity contribution in [3.05, 3.63) is 60.4 Å². The summed E-state index contributed by atoms with van der Waals surface area (Å²) in [7, 11) is 3.34. The number of hydrogen-bond donors (Lipinski definition) is 0. The molecule has 0 aliphatic carbocycles. The van der Waals surface area contributed by atoms with E-state index in [9.17, 15) is 0 Å². The number of methoxy groups -OCH3 is 2. The highest BCUT2D eigenvalue weighted by Gasteiger charge is 2.26.